The van der Waals surface area contributed by atoms with Crippen LogP contribution in [0.5, 0.6) is 11.6 Å². The van der Waals surface area contributed by atoms with E-state index in [1.54, 1.807) is 48.7 Å². The molecular weight excluding hydrogens is 331 g/mol. The first kappa shape index (κ1) is 16.3. The predicted octanol–water partition coefficient (Wildman–Crippen LogP) is 4.76. The monoisotopic (exact) mass is 348 g/mol. The molecule has 0 saturated heterocycles. The summed E-state index contributed by atoms with van der Waals surface area (Å²) in [6.07, 6.45) is 2.45. The Morgan fingerprint density at radius 2 is 1.81 bits per heavy atom. The first-order valence-corrected chi connectivity index (χ1v) is 8.44. The van der Waals surface area contributed by atoms with Gasteiger partial charge >= 0.3 is 0 Å². The summed E-state index contributed by atoms with van der Waals surface area (Å²) in [5.41, 5.74) is 1.72. The second-order valence-corrected chi connectivity index (χ2v) is 6.28. The van der Waals surface area contributed by atoms with Crippen molar-refractivity contribution in [3.8, 4) is 11.6 Å². The van der Waals surface area contributed by atoms with E-state index in [1.165, 1.54) is 12.1 Å². The van der Waals surface area contributed by atoms with E-state index < -0.39 is 0 Å². The number of hydrogen-bond donors (Lipinski definition) is 1. The van der Waals surface area contributed by atoms with Gasteiger partial charge in [0.15, 0.2) is 0 Å². The number of nitrogens with zero attached hydrogens (tertiary/aromatic N) is 1. The van der Waals surface area contributed by atoms with Crippen molar-refractivity contribution in [2.24, 2.45) is 5.92 Å². The Labute approximate surface area is 150 Å². The van der Waals surface area contributed by atoms with Gasteiger partial charge in [0, 0.05) is 23.9 Å². The third kappa shape index (κ3) is 3.72. The molecule has 0 aliphatic heterocycles. The lowest BCUT2D eigenvalue weighted by Crippen LogP contribution is -2.14. The molecule has 0 radical (unpaired) electrons. The molecule has 3 aromatic rings. The zero-order chi connectivity index (χ0) is 17.9. The number of hydrogen-bond acceptors (Lipinski definition) is 3. The van der Waals surface area contributed by atoms with Gasteiger partial charge in [0.1, 0.15) is 11.6 Å². The Kier molecular flexibility index (Phi) is 4.35. The van der Waals surface area contributed by atoms with Gasteiger partial charge in [0.2, 0.25) is 11.8 Å². The van der Waals surface area contributed by atoms with Crippen molar-refractivity contribution in [3.63, 3.8) is 0 Å². The van der Waals surface area contributed by atoms with Gasteiger partial charge in [-0.2, -0.15) is 0 Å². The maximum atomic E-state index is 13.0. The van der Waals surface area contributed by atoms with E-state index in [4.69, 9.17) is 4.74 Å². The van der Waals surface area contributed by atoms with Crippen molar-refractivity contribution >= 4 is 11.6 Å². The maximum absolute atomic E-state index is 13.0. The molecule has 1 aliphatic carbocycles. The van der Waals surface area contributed by atoms with Crippen molar-refractivity contribution in [1.29, 1.82) is 0 Å². The summed E-state index contributed by atoms with van der Waals surface area (Å²) in [5.74, 6) is 0.995. The summed E-state index contributed by atoms with van der Waals surface area (Å²) in [4.78, 5) is 16.5. The number of carbonyl (C=O) groups excluding carboxylic acids is 1. The van der Waals surface area contributed by atoms with Gasteiger partial charge in [-0.05, 0) is 60.4 Å². The molecule has 1 saturated carbocycles. The summed E-state index contributed by atoms with van der Waals surface area (Å²) < 4.78 is 18.6. The molecule has 2 atom stereocenters. The van der Waals surface area contributed by atoms with Crippen LogP contribution in [0.3, 0.4) is 0 Å². The summed E-state index contributed by atoms with van der Waals surface area (Å²) >= 11 is 0. The van der Waals surface area contributed by atoms with Gasteiger partial charge < -0.3 is 10.1 Å². The molecule has 4 rings (SSSR count). The smallest absolute Gasteiger partial charge is 0.228 e. The summed E-state index contributed by atoms with van der Waals surface area (Å²) in [6.45, 7) is 0. The topological polar surface area (TPSA) is 51.2 Å². The second kappa shape index (κ2) is 6.96. The van der Waals surface area contributed by atoms with Crippen LogP contribution in [-0.2, 0) is 4.79 Å². The first-order valence-electron chi connectivity index (χ1n) is 8.44. The molecule has 1 amide bonds. The molecule has 2 unspecified atom stereocenters. The quantitative estimate of drug-likeness (QED) is 0.723. The molecular formula is C21H17FN2O2. The maximum Gasteiger partial charge on any atom is 0.228 e. The van der Waals surface area contributed by atoms with Crippen LogP contribution in [0, 0.1) is 11.7 Å². The number of carbonyl (C=O) groups is 1. The lowest BCUT2D eigenvalue weighted by molar-refractivity contribution is -0.117. The highest BCUT2D eigenvalue weighted by Crippen LogP contribution is 2.48. The summed E-state index contributed by atoms with van der Waals surface area (Å²) in [5, 5.41) is 2.92. The Morgan fingerprint density at radius 1 is 1.04 bits per heavy atom. The molecule has 5 heteroatoms. The minimum atomic E-state index is -0.261. The second-order valence-electron chi connectivity index (χ2n) is 6.28. The van der Waals surface area contributed by atoms with Gasteiger partial charge in [-0.15, -0.1) is 0 Å². The first-order chi connectivity index (χ1) is 12.7. The zero-order valence-corrected chi connectivity index (χ0v) is 13.9. The predicted molar refractivity (Wildman–Crippen MR) is 96.6 cm³/mol. The number of ether oxygens (including phenoxy) is 1. The van der Waals surface area contributed by atoms with E-state index in [2.05, 4.69) is 10.3 Å². The molecule has 1 N–H and O–H groups in total. The number of halogens is 1. The molecule has 4 nitrogen and oxygen atoms in total. The van der Waals surface area contributed by atoms with Crippen LogP contribution in [0.2, 0.25) is 0 Å². The standard InChI is InChI=1S/C21H17FN2O2/c22-15-6-4-14(5-7-15)18-13-19(18)21(25)24-16-8-10-17(11-9-16)26-20-3-1-2-12-23-20/h1-12,18-19H,13H2,(H,24,25). The minimum Gasteiger partial charge on any atom is -0.439 e. The van der Waals surface area contributed by atoms with E-state index in [0.717, 1.165) is 12.0 Å². The number of amides is 1. The van der Waals surface area contributed by atoms with Gasteiger partial charge in [-0.25, -0.2) is 9.37 Å². The van der Waals surface area contributed by atoms with Gasteiger partial charge in [-0.3, -0.25) is 4.79 Å². The Bertz CT molecular complexity index is 896. The number of aromatic nitrogens is 1. The summed E-state index contributed by atoms with van der Waals surface area (Å²) in [7, 11) is 0. The van der Waals surface area contributed by atoms with Crippen LogP contribution >= 0.6 is 0 Å². The highest BCUT2D eigenvalue weighted by molar-refractivity contribution is 5.95. The van der Waals surface area contributed by atoms with Crippen molar-refractivity contribution in [2.45, 2.75) is 12.3 Å². The Morgan fingerprint density at radius 3 is 2.50 bits per heavy atom. The fourth-order valence-electron chi connectivity index (χ4n) is 2.93. The fourth-order valence-corrected chi connectivity index (χ4v) is 2.93. The molecule has 26 heavy (non-hydrogen) atoms. The van der Waals surface area contributed by atoms with Crippen LogP contribution in [0.4, 0.5) is 10.1 Å². The molecule has 130 valence electrons. The van der Waals surface area contributed by atoms with Crippen molar-refractivity contribution < 1.29 is 13.9 Å². The zero-order valence-electron chi connectivity index (χ0n) is 13.9. The van der Waals surface area contributed by atoms with E-state index in [1.807, 2.05) is 12.1 Å². The summed E-state index contributed by atoms with van der Waals surface area (Å²) in [6, 6.07) is 19.0. The lowest BCUT2D eigenvalue weighted by Gasteiger charge is -2.07. The van der Waals surface area contributed by atoms with Crippen LogP contribution in [-0.4, -0.2) is 10.9 Å². The number of benzene rings is 2. The average molecular weight is 348 g/mol. The van der Waals surface area contributed by atoms with E-state index in [9.17, 15) is 9.18 Å². The van der Waals surface area contributed by atoms with Gasteiger partial charge in [0.05, 0.1) is 0 Å². The molecule has 1 fully saturated rings. The van der Waals surface area contributed by atoms with Crippen molar-refractivity contribution in [3.05, 3.63) is 84.3 Å². The normalized spacial score (nSPS) is 18.2. The molecule has 1 aromatic heterocycles. The Hall–Kier alpha value is -3.21. The fraction of sp³-hybridized carbons (Fsp3) is 0.143. The van der Waals surface area contributed by atoms with Crippen LogP contribution in [0.15, 0.2) is 72.9 Å². The molecule has 0 spiro atoms. The lowest BCUT2D eigenvalue weighted by atomic mass is 10.1. The average Bonchev–Trinajstić information content (AvgIpc) is 3.46. The molecule has 1 heterocycles. The van der Waals surface area contributed by atoms with Gasteiger partial charge in [0.25, 0.3) is 0 Å². The van der Waals surface area contributed by atoms with E-state index >= 15 is 0 Å². The molecule has 1 aliphatic rings. The molecule has 0 bridgehead atoms. The van der Waals surface area contributed by atoms with Crippen LogP contribution in [0.25, 0.3) is 0 Å². The van der Waals surface area contributed by atoms with Crippen LogP contribution < -0.4 is 10.1 Å². The number of rotatable bonds is 5. The van der Waals surface area contributed by atoms with E-state index in [-0.39, 0.29) is 23.6 Å². The number of nitrogens with one attached hydrogen (secondary N) is 1. The van der Waals surface area contributed by atoms with Crippen molar-refractivity contribution in [2.75, 3.05) is 5.32 Å². The number of pyridine rings is 1. The van der Waals surface area contributed by atoms with Gasteiger partial charge in [-0.1, -0.05) is 18.2 Å². The SMILES string of the molecule is O=C(Nc1ccc(Oc2ccccn2)cc1)C1CC1c1ccc(F)cc1. The highest BCUT2D eigenvalue weighted by atomic mass is 19.1. The molecule has 2 aromatic carbocycles. The third-order valence-corrected chi connectivity index (χ3v) is 4.41. The number of anilines is 1. The third-order valence-electron chi connectivity index (χ3n) is 4.41. The van der Waals surface area contributed by atoms with Crippen molar-refractivity contribution in [1.82, 2.24) is 4.98 Å². The highest BCUT2D eigenvalue weighted by Gasteiger charge is 2.43. The largest absolute Gasteiger partial charge is 0.439 e. The van der Waals surface area contributed by atoms with E-state index in [0.29, 0.717) is 17.3 Å². The minimum absolute atomic E-state index is 0.0160. The van der Waals surface area contributed by atoms with Crippen LogP contribution in [0.1, 0.15) is 17.9 Å². The Balaban J connectivity index is 1.34.